The quantitative estimate of drug-likeness (QED) is 0.312. The molecule has 0 saturated carbocycles. The Bertz CT molecular complexity index is 229. The molecule has 0 aromatic carbocycles. The molecule has 0 aliphatic heterocycles. The second kappa shape index (κ2) is 13.1. The summed E-state index contributed by atoms with van der Waals surface area (Å²) < 4.78 is 34.3. The maximum atomic E-state index is 10.1. The van der Waals surface area contributed by atoms with Crippen LogP contribution in [0.5, 0.6) is 0 Å². The molecule has 16 heavy (non-hydrogen) atoms. The standard InChI is InChI=1S/C10H22O4S.Rb/c1-2-3-4-5-6-7-8-9-10-14-15(11,12)13;/h2-10H2,1H3,(H,11,12,13);/q;+1/p-1. The Morgan fingerprint density at radius 3 is 1.81 bits per heavy atom. The van der Waals surface area contributed by atoms with Crippen LogP contribution in [0.2, 0.25) is 0 Å². The fourth-order valence-corrected chi connectivity index (χ4v) is 1.72. The molecule has 0 amide bonds. The molecule has 0 saturated heterocycles. The van der Waals surface area contributed by atoms with Gasteiger partial charge in [0.1, 0.15) is 0 Å². The van der Waals surface area contributed by atoms with E-state index in [9.17, 15) is 13.0 Å². The van der Waals surface area contributed by atoms with Crippen LogP contribution in [-0.2, 0) is 14.6 Å². The molecular formula is C10H21O4RbS. The molecule has 92 valence electrons. The summed E-state index contributed by atoms with van der Waals surface area (Å²) in [4.78, 5) is 0. The molecule has 0 atom stereocenters. The van der Waals surface area contributed by atoms with Crippen LogP contribution in [0.3, 0.4) is 0 Å². The van der Waals surface area contributed by atoms with Crippen molar-refractivity contribution >= 4 is 10.4 Å². The summed E-state index contributed by atoms with van der Waals surface area (Å²) in [7, 11) is -4.48. The Morgan fingerprint density at radius 1 is 0.938 bits per heavy atom. The Labute approximate surface area is 148 Å². The summed E-state index contributed by atoms with van der Waals surface area (Å²) in [5.41, 5.74) is 0. The maximum Gasteiger partial charge on any atom is 1.00 e. The second-order valence-corrected chi connectivity index (χ2v) is 4.76. The van der Waals surface area contributed by atoms with E-state index in [1.807, 2.05) is 0 Å². The van der Waals surface area contributed by atoms with Gasteiger partial charge in [0, 0.05) is 0 Å². The van der Waals surface area contributed by atoms with Crippen LogP contribution in [0, 0.1) is 0 Å². The third kappa shape index (κ3) is 18.1. The molecule has 0 rings (SSSR count). The molecule has 0 aliphatic rings. The van der Waals surface area contributed by atoms with E-state index in [-0.39, 0.29) is 64.8 Å². The van der Waals surface area contributed by atoms with Gasteiger partial charge in [-0.25, -0.2) is 8.42 Å². The zero-order chi connectivity index (χ0) is 11.6. The normalized spacial score (nSPS) is 11.1. The maximum absolute atomic E-state index is 10.1. The second-order valence-electron chi connectivity index (χ2n) is 3.71. The zero-order valence-corrected chi connectivity index (χ0v) is 16.1. The van der Waals surface area contributed by atoms with Gasteiger partial charge in [0.05, 0.1) is 6.61 Å². The predicted molar refractivity (Wildman–Crippen MR) is 58.3 cm³/mol. The summed E-state index contributed by atoms with van der Waals surface area (Å²) in [5.74, 6) is 0. The van der Waals surface area contributed by atoms with Crippen LogP contribution in [0.1, 0.15) is 58.3 Å². The molecule has 0 bridgehead atoms. The minimum Gasteiger partial charge on any atom is -0.726 e. The van der Waals surface area contributed by atoms with E-state index in [1.54, 1.807) is 0 Å². The van der Waals surface area contributed by atoms with Crippen LogP contribution in [0.4, 0.5) is 0 Å². The van der Waals surface area contributed by atoms with Crippen molar-refractivity contribution in [3.63, 3.8) is 0 Å². The van der Waals surface area contributed by atoms with E-state index < -0.39 is 10.4 Å². The SMILES string of the molecule is CCCCCCCCCCOS(=O)(=O)[O-].[Rb+]. The molecule has 0 heterocycles. The Kier molecular flexibility index (Phi) is 16.4. The van der Waals surface area contributed by atoms with E-state index in [0.717, 1.165) is 12.8 Å². The first-order chi connectivity index (χ1) is 7.06. The van der Waals surface area contributed by atoms with Crippen molar-refractivity contribution < 1.29 is 75.3 Å². The van der Waals surface area contributed by atoms with Crippen molar-refractivity contribution in [2.24, 2.45) is 0 Å². The molecule has 0 aromatic heterocycles. The van der Waals surface area contributed by atoms with E-state index in [4.69, 9.17) is 0 Å². The van der Waals surface area contributed by atoms with E-state index in [2.05, 4.69) is 11.1 Å². The molecule has 0 spiro atoms. The Morgan fingerprint density at radius 2 is 1.38 bits per heavy atom. The fraction of sp³-hybridized carbons (Fsp3) is 1.00. The minimum absolute atomic E-state index is 0. The van der Waals surface area contributed by atoms with Gasteiger partial charge in [-0.15, -0.1) is 0 Å². The van der Waals surface area contributed by atoms with Crippen LogP contribution in [0.25, 0.3) is 0 Å². The topological polar surface area (TPSA) is 66.4 Å². The van der Waals surface area contributed by atoms with Gasteiger partial charge in [0.15, 0.2) is 0 Å². The monoisotopic (exact) mass is 322 g/mol. The van der Waals surface area contributed by atoms with Gasteiger partial charge in [-0.3, -0.25) is 4.18 Å². The van der Waals surface area contributed by atoms with Crippen molar-refractivity contribution in [3.05, 3.63) is 0 Å². The summed E-state index contributed by atoms with van der Waals surface area (Å²) in [5, 5.41) is 0. The Balaban J connectivity index is 0. The molecule has 0 fully saturated rings. The minimum atomic E-state index is -4.48. The molecule has 0 aromatic rings. The summed E-state index contributed by atoms with van der Waals surface area (Å²) in [6, 6.07) is 0. The molecule has 6 heteroatoms. The predicted octanol–water partition coefficient (Wildman–Crippen LogP) is -0.392. The van der Waals surface area contributed by atoms with Crippen LogP contribution >= 0.6 is 0 Å². The fourth-order valence-electron chi connectivity index (χ4n) is 1.40. The van der Waals surface area contributed by atoms with Gasteiger partial charge in [-0.05, 0) is 6.42 Å². The summed E-state index contributed by atoms with van der Waals surface area (Å²) in [6.07, 6.45) is 8.91. The zero-order valence-electron chi connectivity index (χ0n) is 10.4. The van der Waals surface area contributed by atoms with Crippen molar-refractivity contribution in [2.75, 3.05) is 6.61 Å². The first-order valence-corrected chi connectivity index (χ1v) is 7.00. The largest absolute Gasteiger partial charge is 1.00 e. The van der Waals surface area contributed by atoms with Gasteiger partial charge in [0.25, 0.3) is 0 Å². The van der Waals surface area contributed by atoms with Gasteiger partial charge >= 0.3 is 58.2 Å². The van der Waals surface area contributed by atoms with Crippen molar-refractivity contribution in [3.8, 4) is 0 Å². The summed E-state index contributed by atoms with van der Waals surface area (Å²) in [6.45, 7) is 2.21. The molecule has 4 nitrogen and oxygen atoms in total. The van der Waals surface area contributed by atoms with Crippen LogP contribution in [-0.4, -0.2) is 19.6 Å². The van der Waals surface area contributed by atoms with Gasteiger partial charge < -0.3 is 4.55 Å². The molecule has 0 aliphatic carbocycles. The summed E-state index contributed by atoms with van der Waals surface area (Å²) >= 11 is 0. The number of rotatable bonds is 10. The van der Waals surface area contributed by atoms with Crippen LogP contribution in [0.15, 0.2) is 0 Å². The first-order valence-electron chi connectivity index (χ1n) is 5.66. The smallest absolute Gasteiger partial charge is 0.726 e. The van der Waals surface area contributed by atoms with E-state index >= 15 is 0 Å². The van der Waals surface area contributed by atoms with Crippen molar-refractivity contribution in [1.82, 2.24) is 0 Å². The average Bonchev–Trinajstić information content (AvgIpc) is 2.14. The molecular weight excluding hydrogens is 302 g/mol. The number of hydrogen-bond donors (Lipinski definition) is 0. The third-order valence-electron chi connectivity index (χ3n) is 2.23. The van der Waals surface area contributed by atoms with Gasteiger partial charge in [0.2, 0.25) is 10.4 Å². The van der Waals surface area contributed by atoms with Gasteiger partial charge in [-0.1, -0.05) is 51.9 Å². The van der Waals surface area contributed by atoms with Crippen LogP contribution < -0.4 is 58.2 Å². The average molecular weight is 323 g/mol. The van der Waals surface area contributed by atoms with Gasteiger partial charge in [-0.2, -0.15) is 0 Å². The van der Waals surface area contributed by atoms with Crippen molar-refractivity contribution in [1.29, 1.82) is 0 Å². The molecule has 0 N–H and O–H groups in total. The number of hydrogen-bond acceptors (Lipinski definition) is 4. The molecule has 0 unspecified atom stereocenters. The number of unbranched alkanes of at least 4 members (excludes halogenated alkanes) is 7. The first kappa shape index (κ1) is 20.0. The van der Waals surface area contributed by atoms with E-state index in [1.165, 1.54) is 32.1 Å². The van der Waals surface area contributed by atoms with E-state index in [0.29, 0.717) is 6.42 Å². The van der Waals surface area contributed by atoms with Crippen molar-refractivity contribution in [2.45, 2.75) is 58.3 Å². The Hall–Kier alpha value is 1.68. The molecule has 0 radical (unpaired) electrons. The third-order valence-corrected chi connectivity index (χ3v) is 2.68.